The lowest BCUT2D eigenvalue weighted by Gasteiger charge is -2.21. The maximum atomic E-state index is 13.8. The predicted octanol–water partition coefficient (Wildman–Crippen LogP) is 7.61. The highest BCUT2D eigenvalue weighted by Crippen LogP contribution is 2.51. The summed E-state index contributed by atoms with van der Waals surface area (Å²) in [5, 5.41) is 2.48. The molecule has 0 bridgehead atoms. The zero-order valence-electron chi connectivity index (χ0n) is 25.3. The smallest absolute Gasteiger partial charge is 0.408 e. The molecule has 0 radical (unpaired) electrons. The van der Waals surface area contributed by atoms with Gasteiger partial charge in [0.1, 0.15) is 31.6 Å². The average Bonchev–Trinajstić information content (AvgIpc) is 3.08. The maximum Gasteiger partial charge on any atom is 0.408 e. The van der Waals surface area contributed by atoms with Crippen LogP contribution in [0.1, 0.15) is 28.7 Å². The summed E-state index contributed by atoms with van der Waals surface area (Å²) < 4.78 is 34.8. The normalized spacial score (nSPS) is 12.5. The zero-order valence-corrected chi connectivity index (χ0v) is 28.3. The number of ether oxygens (including phenoxy) is 3. The second-order valence-electron chi connectivity index (χ2n) is 10.4. The number of hydrogen-bond acceptors (Lipinski definition) is 9. The topological polar surface area (TPSA) is 134 Å². The second kappa shape index (κ2) is 18.0. The predicted molar refractivity (Wildman–Crippen MR) is 183 cm³/mol. The molecule has 47 heavy (non-hydrogen) atoms. The summed E-state index contributed by atoms with van der Waals surface area (Å²) in [6.45, 7) is 0.0243. The van der Waals surface area contributed by atoms with Crippen molar-refractivity contribution in [3.63, 3.8) is 0 Å². The summed E-state index contributed by atoms with van der Waals surface area (Å²) in [5.41, 5.74) is 2.84. The summed E-state index contributed by atoms with van der Waals surface area (Å²) in [4.78, 5) is 50.8. The number of carbonyl (C=O) groups is 4. The fourth-order valence-corrected chi connectivity index (χ4v) is 6.70. The van der Waals surface area contributed by atoms with Crippen LogP contribution >= 0.6 is 30.0 Å². The van der Waals surface area contributed by atoms with Crippen LogP contribution in [0.5, 0.6) is 5.75 Å². The molecule has 4 aromatic rings. The Morgan fingerprint density at radius 1 is 0.660 bits per heavy atom. The number of alkyl carbamates (subject to hydrolysis) is 1. The van der Waals surface area contributed by atoms with Crippen molar-refractivity contribution in [2.75, 3.05) is 6.16 Å². The SMILES string of the molecule is O=C(Cc1cccc(OP(=O)(CC[C@H](NC(=O)OCc2ccccc2)C(=O)OCc2ccccc2)C(=O)I)c1)OCc1ccccc1. The van der Waals surface area contributed by atoms with Crippen molar-refractivity contribution in [2.45, 2.75) is 38.7 Å². The summed E-state index contributed by atoms with van der Waals surface area (Å²) in [5.74, 6) is -1.17. The van der Waals surface area contributed by atoms with Crippen molar-refractivity contribution in [1.29, 1.82) is 0 Å². The number of benzene rings is 4. The molecule has 0 aliphatic rings. The highest BCUT2D eigenvalue weighted by Gasteiger charge is 2.35. The van der Waals surface area contributed by atoms with Crippen LogP contribution in [0.2, 0.25) is 0 Å². The molecular weight excluding hydrogens is 736 g/mol. The third kappa shape index (κ3) is 12.0. The van der Waals surface area contributed by atoms with Crippen LogP contribution in [0.15, 0.2) is 115 Å². The molecule has 244 valence electrons. The van der Waals surface area contributed by atoms with E-state index in [2.05, 4.69) is 5.32 Å². The summed E-state index contributed by atoms with van der Waals surface area (Å²) >= 11 is 1.40. The molecule has 0 saturated heterocycles. The van der Waals surface area contributed by atoms with Crippen LogP contribution in [-0.2, 0) is 54.6 Å². The molecule has 0 saturated carbocycles. The van der Waals surface area contributed by atoms with Gasteiger partial charge >= 0.3 is 25.4 Å². The first-order valence-corrected chi connectivity index (χ1v) is 17.5. The van der Waals surface area contributed by atoms with E-state index in [1.807, 2.05) is 42.5 Å². The Bertz CT molecular complexity index is 1690. The first kappa shape index (κ1) is 35.4. The molecule has 1 N–H and O–H groups in total. The van der Waals surface area contributed by atoms with E-state index in [1.165, 1.54) is 34.7 Å². The van der Waals surface area contributed by atoms with Gasteiger partial charge in [-0.05, 0) is 40.8 Å². The van der Waals surface area contributed by atoms with Gasteiger partial charge in [0.25, 0.3) is 3.53 Å². The monoisotopic (exact) mass is 769 g/mol. The number of amides is 1. The highest BCUT2D eigenvalue weighted by molar-refractivity contribution is 14.1. The summed E-state index contributed by atoms with van der Waals surface area (Å²) in [6, 6.07) is 32.2. The van der Waals surface area contributed by atoms with Crippen molar-refractivity contribution in [1.82, 2.24) is 5.32 Å². The van der Waals surface area contributed by atoms with Crippen LogP contribution in [-0.4, -0.2) is 33.8 Å². The second-order valence-corrected chi connectivity index (χ2v) is 14.6. The molecule has 2 atom stereocenters. The summed E-state index contributed by atoms with van der Waals surface area (Å²) in [7, 11) is -4.07. The standard InChI is InChI=1S/C35H33INO9P/c36-34(40)47(42,46-30-18-10-17-29(21-30)22-32(38)43-23-26-11-4-1-5-12-26)20-19-31(33(39)44-24-27-13-6-2-7-14-27)37-35(41)45-25-28-15-8-3-9-16-28/h1-18,21,31H,19-20,22-25H2,(H,37,41)/t31-,47?/m0/s1. The van der Waals surface area contributed by atoms with Crippen LogP contribution in [0, 0.1) is 0 Å². The third-order valence-electron chi connectivity index (χ3n) is 6.74. The maximum absolute atomic E-state index is 13.8. The van der Waals surface area contributed by atoms with E-state index in [-0.39, 0.29) is 44.6 Å². The molecule has 1 unspecified atom stereocenters. The Labute approximate surface area is 286 Å². The molecule has 0 aromatic heterocycles. The van der Waals surface area contributed by atoms with E-state index in [1.54, 1.807) is 60.7 Å². The van der Waals surface area contributed by atoms with Crippen molar-refractivity contribution < 1.29 is 42.5 Å². The number of hydrogen-bond donors (Lipinski definition) is 1. The molecule has 0 aliphatic heterocycles. The number of esters is 2. The molecule has 0 fully saturated rings. The third-order valence-corrected chi connectivity index (χ3v) is 10.8. The zero-order chi connectivity index (χ0) is 33.5. The quantitative estimate of drug-likeness (QED) is 0.0402. The van der Waals surface area contributed by atoms with Gasteiger partial charge < -0.3 is 24.1 Å². The van der Waals surface area contributed by atoms with Gasteiger partial charge in [-0.2, -0.15) is 0 Å². The van der Waals surface area contributed by atoms with Gasteiger partial charge in [-0.15, -0.1) is 0 Å². The average molecular weight is 770 g/mol. The molecule has 0 aliphatic carbocycles. The Morgan fingerprint density at radius 3 is 1.72 bits per heavy atom. The lowest BCUT2D eigenvalue weighted by atomic mass is 10.1. The van der Waals surface area contributed by atoms with E-state index in [0.29, 0.717) is 5.56 Å². The molecule has 4 rings (SSSR count). The van der Waals surface area contributed by atoms with Crippen LogP contribution in [0.3, 0.4) is 0 Å². The number of rotatable bonds is 16. The van der Waals surface area contributed by atoms with Crippen LogP contribution in [0.25, 0.3) is 0 Å². The molecule has 10 nitrogen and oxygen atoms in total. The minimum Gasteiger partial charge on any atom is -0.461 e. The minimum atomic E-state index is -4.07. The van der Waals surface area contributed by atoms with Gasteiger partial charge in [0.2, 0.25) is 0 Å². The Hall–Kier alpha value is -4.48. The number of halogens is 1. The van der Waals surface area contributed by atoms with Crippen molar-refractivity contribution in [3.05, 3.63) is 138 Å². The number of carbonyl (C=O) groups excluding carboxylic acids is 4. The van der Waals surface area contributed by atoms with E-state index >= 15 is 0 Å². The van der Waals surface area contributed by atoms with Crippen LogP contribution in [0.4, 0.5) is 9.59 Å². The van der Waals surface area contributed by atoms with Gasteiger partial charge in [-0.1, -0.05) is 103 Å². The highest BCUT2D eigenvalue weighted by atomic mass is 127. The van der Waals surface area contributed by atoms with Gasteiger partial charge in [0.15, 0.2) is 0 Å². The van der Waals surface area contributed by atoms with E-state index in [9.17, 15) is 23.7 Å². The van der Waals surface area contributed by atoms with Gasteiger partial charge in [0.05, 0.1) is 6.42 Å². The number of nitrogens with one attached hydrogen (secondary N) is 1. The Kier molecular flexibility index (Phi) is 13.6. The fraction of sp³-hybridized carbons (Fsp3) is 0.200. The molecule has 0 heterocycles. The van der Waals surface area contributed by atoms with Crippen molar-refractivity contribution in [2.24, 2.45) is 0 Å². The van der Waals surface area contributed by atoms with E-state index in [4.69, 9.17) is 18.7 Å². The minimum absolute atomic E-state index is 0.0393. The van der Waals surface area contributed by atoms with Crippen LogP contribution < -0.4 is 9.84 Å². The van der Waals surface area contributed by atoms with Gasteiger partial charge in [0, 0.05) is 28.8 Å². The van der Waals surface area contributed by atoms with Gasteiger partial charge in [-0.25, -0.2) is 9.59 Å². The molecule has 12 heteroatoms. The molecular formula is C35H33INO9P. The lowest BCUT2D eigenvalue weighted by molar-refractivity contribution is -0.147. The molecule has 0 spiro atoms. The first-order chi connectivity index (χ1) is 22.7. The molecule has 1 amide bonds. The van der Waals surface area contributed by atoms with Gasteiger partial charge in [-0.3, -0.25) is 14.2 Å². The Balaban J connectivity index is 1.40. The largest absolute Gasteiger partial charge is 0.461 e. The van der Waals surface area contributed by atoms with Crippen molar-refractivity contribution in [3.8, 4) is 5.75 Å². The summed E-state index contributed by atoms with van der Waals surface area (Å²) in [6.07, 6.45) is -1.59. The fourth-order valence-electron chi connectivity index (χ4n) is 4.29. The van der Waals surface area contributed by atoms with Crippen molar-refractivity contribution >= 4 is 51.5 Å². The first-order valence-electron chi connectivity index (χ1n) is 14.6. The Morgan fingerprint density at radius 2 is 1.17 bits per heavy atom. The molecule has 4 aromatic carbocycles. The van der Waals surface area contributed by atoms with E-state index < -0.39 is 35.0 Å². The van der Waals surface area contributed by atoms with E-state index in [0.717, 1.165) is 16.7 Å². The lowest BCUT2D eigenvalue weighted by Crippen LogP contribution is -2.42.